The van der Waals surface area contributed by atoms with E-state index in [1.54, 1.807) is 11.8 Å². The van der Waals surface area contributed by atoms with E-state index in [0.717, 1.165) is 10.7 Å². The maximum Gasteiger partial charge on any atom is 0.490 e. The first kappa shape index (κ1) is 30.4. The van der Waals surface area contributed by atoms with Gasteiger partial charge in [-0.3, -0.25) is 24.1 Å². The molecule has 0 fully saturated rings. The molecule has 5 N–H and O–H groups in total. The molecule has 0 spiro atoms. The molecule has 0 radical (unpaired) electrons. The Morgan fingerprint density at radius 3 is 2.12 bits per heavy atom. The van der Waals surface area contributed by atoms with Crippen molar-refractivity contribution in [3.8, 4) is 0 Å². The van der Waals surface area contributed by atoms with Gasteiger partial charge in [-0.25, -0.2) is 4.79 Å². The molecule has 1 heterocycles. The monoisotopic (exact) mass is 498 g/mol. The SMILES string of the molecule is CC[C@H](C)[C@H](NC(=O)[C@@H](N)CCSC)C(=O)NCCN1C(=O)C=CC1=O.O=C(O)C(F)(F)F. The molecule has 0 saturated carbocycles. The van der Waals surface area contributed by atoms with Gasteiger partial charge in [-0.05, 0) is 24.3 Å². The molecule has 4 amide bonds. The predicted octanol–water partition coefficient (Wildman–Crippen LogP) is 0.272. The van der Waals surface area contributed by atoms with Gasteiger partial charge in [-0.1, -0.05) is 20.3 Å². The molecule has 0 aromatic carbocycles. The minimum absolute atomic E-state index is 0.0802. The second kappa shape index (κ2) is 14.5. The van der Waals surface area contributed by atoms with Crippen molar-refractivity contribution in [2.75, 3.05) is 25.1 Å². The zero-order valence-corrected chi connectivity index (χ0v) is 19.3. The Hall–Kier alpha value is -2.61. The normalized spacial score (nSPS) is 15.9. The van der Waals surface area contributed by atoms with Crippen LogP contribution in [0.25, 0.3) is 0 Å². The van der Waals surface area contributed by atoms with E-state index in [2.05, 4.69) is 10.6 Å². The third kappa shape index (κ3) is 11.2. The van der Waals surface area contributed by atoms with E-state index in [-0.39, 0.29) is 30.8 Å². The molecule has 0 aromatic rings. The third-order valence-electron chi connectivity index (χ3n) is 4.54. The van der Waals surface area contributed by atoms with Gasteiger partial charge in [0.1, 0.15) is 6.04 Å². The average molecular weight is 499 g/mol. The number of hydrogen-bond acceptors (Lipinski definition) is 7. The van der Waals surface area contributed by atoms with Crippen LogP contribution in [-0.4, -0.2) is 83.0 Å². The number of nitrogens with zero attached hydrogens (tertiary/aromatic N) is 1. The summed E-state index contributed by atoms with van der Waals surface area (Å²) in [6.07, 6.45) is 0.482. The zero-order chi connectivity index (χ0) is 25.8. The lowest BCUT2D eigenvalue weighted by Crippen LogP contribution is -2.55. The van der Waals surface area contributed by atoms with E-state index in [1.165, 1.54) is 12.2 Å². The molecule has 1 rings (SSSR count). The highest BCUT2D eigenvalue weighted by Crippen LogP contribution is 2.13. The van der Waals surface area contributed by atoms with Gasteiger partial charge in [0.25, 0.3) is 11.8 Å². The molecule has 0 bridgehead atoms. The second-order valence-corrected chi connectivity index (χ2v) is 8.00. The number of nitrogens with two attached hydrogens (primary N) is 1. The number of carbonyl (C=O) groups is 5. The lowest BCUT2D eigenvalue weighted by atomic mass is 9.97. The van der Waals surface area contributed by atoms with E-state index in [9.17, 15) is 32.3 Å². The number of nitrogens with one attached hydrogen (secondary N) is 2. The fourth-order valence-corrected chi connectivity index (χ4v) is 2.88. The van der Waals surface area contributed by atoms with Crippen molar-refractivity contribution < 1.29 is 42.3 Å². The average Bonchev–Trinajstić information content (AvgIpc) is 3.06. The summed E-state index contributed by atoms with van der Waals surface area (Å²) in [6, 6.07) is -1.37. The van der Waals surface area contributed by atoms with Crippen molar-refractivity contribution in [1.82, 2.24) is 15.5 Å². The summed E-state index contributed by atoms with van der Waals surface area (Å²) in [5, 5.41) is 12.5. The number of amides is 4. The summed E-state index contributed by atoms with van der Waals surface area (Å²) in [5.74, 6) is -3.56. The topological polar surface area (TPSA) is 159 Å². The van der Waals surface area contributed by atoms with E-state index in [1.807, 2.05) is 20.1 Å². The molecule has 3 atom stereocenters. The zero-order valence-electron chi connectivity index (χ0n) is 18.5. The number of hydrogen-bond donors (Lipinski definition) is 4. The van der Waals surface area contributed by atoms with Gasteiger partial charge in [0.15, 0.2) is 0 Å². The Morgan fingerprint density at radius 2 is 1.70 bits per heavy atom. The summed E-state index contributed by atoms with van der Waals surface area (Å²) in [6.45, 7) is 4.01. The minimum Gasteiger partial charge on any atom is -0.475 e. The second-order valence-electron chi connectivity index (χ2n) is 7.02. The van der Waals surface area contributed by atoms with Crippen molar-refractivity contribution >= 4 is 41.4 Å². The Balaban J connectivity index is 0.00000126. The van der Waals surface area contributed by atoms with E-state index in [0.29, 0.717) is 12.8 Å². The van der Waals surface area contributed by atoms with Crippen LogP contribution in [0.15, 0.2) is 12.2 Å². The molecule has 10 nitrogen and oxygen atoms in total. The molecule has 0 saturated heterocycles. The first-order chi connectivity index (χ1) is 15.3. The largest absolute Gasteiger partial charge is 0.490 e. The smallest absolute Gasteiger partial charge is 0.475 e. The van der Waals surface area contributed by atoms with Gasteiger partial charge < -0.3 is 21.5 Å². The van der Waals surface area contributed by atoms with Crippen LogP contribution in [0.3, 0.4) is 0 Å². The van der Waals surface area contributed by atoms with Crippen molar-refractivity contribution in [2.24, 2.45) is 11.7 Å². The minimum atomic E-state index is -5.08. The van der Waals surface area contributed by atoms with Crippen LogP contribution in [0.2, 0.25) is 0 Å². The summed E-state index contributed by atoms with van der Waals surface area (Å²) in [5.41, 5.74) is 5.86. The number of aliphatic carboxylic acids is 1. The van der Waals surface area contributed by atoms with Crippen LogP contribution in [0.1, 0.15) is 26.7 Å². The maximum absolute atomic E-state index is 12.5. The quantitative estimate of drug-likeness (QED) is 0.296. The van der Waals surface area contributed by atoms with Gasteiger partial charge in [0.05, 0.1) is 6.04 Å². The highest BCUT2D eigenvalue weighted by molar-refractivity contribution is 7.98. The first-order valence-corrected chi connectivity index (χ1v) is 11.3. The number of rotatable bonds is 11. The van der Waals surface area contributed by atoms with Crippen LogP contribution >= 0.6 is 11.8 Å². The lowest BCUT2D eigenvalue weighted by molar-refractivity contribution is -0.192. The third-order valence-corrected chi connectivity index (χ3v) is 5.18. The molecule has 0 aromatic heterocycles. The Kier molecular flexibility index (Phi) is 13.4. The Bertz CT molecular complexity index is 730. The predicted molar refractivity (Wildman–Crippen MR) is 115 cm³/mol. The molecule has 33 heavy (non-hydrogen) atoms. The fraction of sp³-hybridized carbons (Fsp3) is 0.632. The van der Waals surface area contributed by atoms with E-state index >= 15 is 0 Å². The van der Waals surface area contributed by atoms with Gasteiger partial charge in [0, 0.05) is 25.2 Å². The number of carbonyl (C=O) groups excluding carboxylic acids is 4. The number of carboxylic acid groups (broad SMARTS) is 1. The first-order valence-electron chi connectivity index (χ1n) is 9.92. The summed E-state index contributed by atoms with van der Waals surface area (Å²) < 4.78 is 31.7. The molecule has 188 valence electrons. The molecule has 14 heteroatoms. The Morgan fingerprint density at radius 1 is 1.18 bits per heavy atom. The fourth-order valence-electron chi connectivity index (χ4n) is 2.39. The van der Waals surface area contributed by atoms with Crippen molar-refractivity contribution in [1.29, 1.82) is 0 Å². The van der Waals surface area contributed by atoms with Crippen molar-refractivity contribution in [3.05, 3.63) is 12.2 Å². The lowest BCUT2D eigenvalue weighted by Gasteiger charge is -2.25. The highest BCUT2D eigenvalue weighted by atomic mass is 32.2. The van der Waals surface area contributed by atoms with Crippen molar-refractivity contribution in [3.63, 3.8) is 0 Å². The molecule has 1 aliphatic rings. The van der Waals surface area contributed by atoms with Crippen LogP contribution in [0, 0.1) is 5.92 Å². The summed E-state index contributed by atoms with van der Waals surface area (Å²) >= 11 is 1.60. The van der Waals surface area contributed by atoms with Crippen LogP contribution in [0.5, 0.6) is 0 Å². The molecular formula is C19H29F3N4O6S. The van der Waals surface area contributed by atoms with Gasteiger partial charge in [-0.15, -0.1) is 0 Å². The molecular weight excluding hydrogens is 469 g/mol. The van der Waals surface area contributed by atoms with Gasteiger partial charge in [0.2, 0.25) is 11.8 Å². The van der Waals surface area contributed by atoms with E-state index in [4.69, 9.17) is 15.6 Å². The number of carboxylic acids is 1. The van der Waals surface area contributed by atoms with E-state index < -0.39 is 36.0 Å². The number of thioether (sulfide) groups is 1. The van der Waals surface area contributed by atoms with Gasteiger partial charge >= 0.3 is 12.1 Å². The van der Waals surface area contributed by atoms with Gasteiger partial charge in [-0.2, -0.15) is 24.9 Å². The van der Waals surface area contributed by atoms with Crippen molar-refractivity contribution in [2.45, 2.75) is 44.9 Å². The summed E-state index contributed by atoms with van der Waals surface area (Å²) in [7, 11) is 0. The molecule has 0 aliphatic carbocycles. The Labute approximate surface area is 193 Å². The number of imide groups is 1. The maximum atomic E-state index is 12.5. The number of halogens is 3. The highest BCUT2D eigenvalue weighted by Gasteiger charge is 2.38. The molecule has 0 unspecified atom stereocenters. The standard InChI is InChI=1S/C17H28N4O4S.C2HF3O2/c1-4-11(2)15(20-16(24)12(18)7-10-26-3)17(25)19-8-9-21-13(22)5-6-14(21)23;3-2(4,5)1(6)7/h5-6,11-12,15H,4,7-10,18H2,1-3H3,(H,19,25)(H,20,24);(H,6,7)/t11-,12-,15-;/m0./s1. The summed E-state index contributed by atoms with van der Waals surface area (Å²) in [4.78, 5) is 57.6. The number of alkyl halides is 3. The van der Waals surface area contributed by atoms with Crippen LogP contribution in [0.4, 0.5) is 13.2 Å². The molecule has 1 aliphatic heterocycles. The van der Waals surface area contributed by atoms with Crippen LogP contribution < -0.4 is 16.4 Å². The van der Waals surface area contributed by atoms with Crippen LogP contribution in [-0.2, 0) is 24.0 Å².